The SMILES string of the molecule is C[C@@]12CCC(=O)N1[C@H](C(=O)OCC(=O)c1c[nH]c(C(=O)N3CCCC3)c1)CS2. The lowest BCUT2D eigenvalue weighted by Crippen LogP contribution is -2.46. The van der Waals surface area contributed by atoms with Crippen LogP contribution in [0.2, 0.25) is 0 Å². The highest BCUT2D eigenvalue weighted by atomic mass is 32.2. The minimum atomic E-state index is -0.642. The van der Waals surface area contributed by atoms with Gasteiger partial charge in [-0.2, -0.15) is 0 Å². The standard InChI is InChI=1S/C19H23N3O5S/c1-19-5-4-16(24)22(19)14(11-28-19)18(26)27-10-15(23)12-8-13(20-9-12)17(25)21-6-2-3-7-21/h8-9,14,20H,2-7,10-11H2,1H3/t14-,19+/m0/s1. The van der Waals surface area contributed by atoms with E-state index in [1.54, 1.807) is 21.6 Å². The normalized spacial score (nSPS) is 26.6. The van der Waals surface area contributed by atoms with Crippen LogP contribution in [0.15, 0.2) is 12.3 Å². The maximum atomic E-state index is 12.4. The highest BCUT2D eigenvalue weighted by Gasteiger charge is 2.53. The number of likely N-dealkylation sites (tertiary alicyclic amines) is 1. The monoisotopic (exact) mass is 405 g/mol. The van der Waals surface area contributed by atoms with Gasteiger partial charge in [-0.1, -0.05) is 0 Å². The van der Waals surface area contributed by atoms with E-state index in [1.807, 2.05) is 6.92 Å². The first-order valence-corrected chi connectivity index (χ1v) is 10.5. The topological polar surface area (TPSA) is 99.8 Å². The highest BCUT2D eigenvalue weighted by molar-refractivity contribution is 8.01. The lowest BCUT2D eigenvalue weighted by Gasteiger charge is -2.29. The molecule has 1 N–H and O–H groups in total. The molecule has 4 rings (SSSR count). The van der Waals surface area contributed by atoms with Crippen LogP contribution < -0.4 is 0 Å². The summed E-state index contributed by atoms with van der Waals surface area (Å²) in [6, 6.07) is 0.861. The fourth-order valence-corrected chi connectivity index (χ4v) is 5.50. The van der Waals surface area contributed by atoms with E-state index in [-0.39, 0.29) is 22.5 Å². The van der Waals surface area contributed by atoms with Crippen molar-refractivity contribution in [2.45, 2.75) is 43.5 Å². The molecule has 9 heteroatoms. The number of H-pyrrole nitrogens is 1. The second-order valence-electron chi connectivity index (χ2n) is 7.60. The molecular weight excluding hydrogens is 382 g/mol. The second kappa shape index (κ2) is 7.27. The van der Waals surface area contributed by atoms with Crippen LogP contribution >= 0.6 is 11.8 Å². The van der Waals surface area contributed by atoms with Crippen LogP contribution in [0, 0.1) is 0 Å². The molecule has 3 aliphatic rings. The van der Waals surface area contributed by atoms with Gasteiger partial charge in [-0.15, -0.1) is 11.8 Å². The van der Waals surface area contributed by atoms with E-state index < -0.39 is 18.6 Å². The molecule has 4 heterocycles. The van der Waals surface area contributed by atoms with Crippen LogP contribution in [-0.2, 0) is 14.3 Å². The van der Waals surface area contributed by atoms with Gasteiger partial charge in [0.1, 0.15) is 11.7 Å². The Morgan fingerprint density at radius 3 is 2.82 bits per heavy atom. The minimum absolute atomic E-state index is 0.0449. The average molecular weight is 405 g/mol. The van der Waals surface area contributed by atoms with Crippen molar-refractivity contribution in [2.24, 2.45) is 0 Å². The van der Waals surface area contributed by atoms with Gasteiger partial charge in [0.25, 0.3) is 5.91 Å². The van der Waals surface area contributed by atoms with Gasteiger partial charge >= 0.3 is 5.97 Å². The molecule has 0 aliphatic carbocycles. The Hall–Kier alpha value is -2.29. The Bertz CT molecular complexity index is 831. The first-order valence-electron chi connectivity index (χ1n) is 9.53. The van der Waals surface area contributed by atoms with Crippen LogP contribution in [0.3, 0.4) is 0 Å². The van der Waals surface area contributed by atoms with Crippen molar-refractivity contribution in [2.75, 3.05) is 25.4 Å². The Morgan fingerprint density at radius 1 is 1.32 bits per heavy atom. The number of aromatic nitrogens is 1. The van der Waals surface area contributed by atoms with Crippen molar-refractivity contribution in [1.82, 2.24) is 14.8 Å². The van der Waals surface area contributed by atoms with Crippen molar-refractivity contribution in [3.8, 4) is 0 Å². The molecule has 0 bridgehead atoms. The van der Waals surface area contributed by atoms with E-state index >= 15 is 0 Å². The number of ketones is 1. The predicted octanol–water partition coefficient (Wildman–Crippen LogP) is 1.43. The van der Waals surface area contributed by atoms with Gasteiger partial charge in [0.15, 0.2) is 6.61 Å². The third kappa shape index (κ3) is 3.32. The Kier molecular flexibility index (Phi) is 4.95. The molecule has 0 aromatic carbocycles. The molecule has 0 unspecified atom stereocenters. The maximum absolute atomic E-state index is 12.4. The van der Waals surface area contributed by atoms with E-state index in [0.29, 0.717) is 23.4 Å². The number of esters is 1. The largest absolute Gasteiger partial charge is 0.456 e. The smallest absolute Gasteiger partial charge is 0.330 e. The lowest BCUT2D eigenvalue weighted by molar-refractivity contribution is -0.152. The van der Waals surface area contributed by atoms with E-state index in [9.17, 15) is 19.2 Å². The summed E-state index contributed by atoms with van der Waals surface area (Å²) in [5.41, 5.74) is 0.667. The summed E-state index contributed by atoms with van der Waals surface area (Å²) < 4.78 is 5.21. The third-order valence-electron chi connectivity index (χ3n) is 5.69. The summed E-state index contributed by atoms with van der Waals surface area (Å²) in [7, 11) is 0. The number of nitrogens with zero attached hydrogens (tertiary/aromatic N) is 2. The van der Waals surface area contributed by atoms with Gasteiger partial charge in [0.05, 0.1) is 4.87 Å². The molecule has 0 saturated carbocycles. The van der Waals surface area contributed by atoms with Crippen molar-refractivity contribution in [3.63, 3.8) is 0 Å². The molecule has 1 aromatic heterocycles. The summed E-state index contributed by atoms with van der Waals surface area (Å²) in [5.74, 6) is -0.622. The number of thioether (sulfide) groups is 1. The van der Waals surface area contributed by atoms with Gasteiger partial charge in [0.2, 0.25) is 11.7 Å². The van der Waals surface area contributed by atoms with Gasteiger partial charge in [0, 0.05) is 37.0 Å². The van der Waals surface area contributed by atoms with Crippen LogP contribution in [0.4, 0.5) is 0 Å². The zero-order valence-corrected chi connectivity index (χ0v) is 16.5. The van der Waals surface area contributed by atoms with Crippen LogP contribution in [0.25, 0.3) is 0 Å². The van der Waals surface area contributed by atoms with Crippen molar-refractivity contribution < 1.29 is 23.9 Å². The quantitative estimate of drug-likeness (QED) is 0.588. The number of hydrogen-bond donors (Lipinski definition) is 1. The van der Waals surface area contributed by atoms with Crippen LogP contribution in [0.1, 0.15) is 53.5 Å². The van der Waals surface area contributed by atoms with Gasteiger partial charge in [-0.05, 0) is 32.3 Å². The molecule has 3 saturated heterocycles. The van der Waals surface area contributed by atoms with E-state index in [1.165, 1.54) is 12.3 Å². The number of rotatable bonds is 5. The van der Waals surface area contributed by atoms with Crippen LogP contribution in [0.5, 0.6) is 0 Å². The fourth-order valence-electron chi connectivity index (χ4n) is 4.08. The van der Waals surface area contributed by atoms with Gasteiger partial charge < -0.3 is 19.5 Å². The number of ether oxygens (including phenoxy) is 1. The number of fused-ring (bicyclic) bond motifs is 1. The summed E-state index contributed by atoms with van der Waals surface area (Å²) >= 11 is 1.58. The molecule has 0 radical (unpaired) electrons. The summed E-state index contributed by atoms with van der Waals surface area (Å²) in [5, 5.41) is 0. The number of nitrogens with one attached hydrogen (secondary N) is 1. The molecule has 8 nitrogen and oxygen atoms in total. The molecule has 1 aromatic rings. The van der Waals surface area contributed by atoms with E-state index in [0.717, 1.165) is 32.4 Å². The summed E-state index contributed by atoms with van der Waals surface area (Å²) in [4.78, 5) is 55.1. The zero-order valence-electron chi connectivity index (χ0n) is 15.7. The molecule has 2 amide bonds. The van der Waals surface area contributed by atoms with Crippen molar-refractivity contribution >= 4 is 35.3 Å². The Morgan fingerprint density at radius 2 is 2.07 bits per heavy atom. The van der Waals surface area contributed by atoms with Crippen LogP contribution in [-0.4, -0.2) is 74.7 Å². The first kappa shape index (κ1) is 19.0. The number of Topliss-reactive ketones (excluding diaryl/α,β-unsaturated/α-hetero) is 1. The van der Waals surface area contributed by atoms with E-state index in [4.69, 9.17) is 4.74 Å². The predicted molar refractivity (Wildman–Crippen MR) is 102 cm³/mol. The molecule has 2 atom stereocenters. The fraction of sp³-hybridized carbons (Fsp3) is 0.579. The first-order chi connectivity index (χ1) is 13.4. The molecule has 150 valence electrons. The molecule has 3 fully saturated rings. The molecule has 0 spiro atoms. The lowest BCUT2D eigenvalue weighted by atomic mass is 10.2. The maximum Gasteiger partial charge on any atom is 0.330 e. The summed E-state index contributed by atoms with van der Waals surface area (Å²) in [6.45, 7) is 3.01. The molecule has 28 heavy (non-hydrogen) atoms. The van der Waals surface area contributed by atoms with Crippen molar-refractivity contribution in [1.29, 1.82) is 0 Å². The Balaban J connectivity index is 1.34. The zero-order chi connectivity index (χ0) is 19.9. The minimum Gasteiger partial charge on any atom is -0.456 e. The van der Waals surface area contributed by atoms with Gasteiger partial charge in [-0.3, -0.25) is 14.4 Å². The number of hydrogen-bond acceptors (Lipinski definition) is 6. The third-order valence-corrected chi connectivity index (χ3v) is 7.20. The summed E-state index contributed by atoms with van der Waals surface area (Å²) in [6.07, 6.45) is 4.60. The molecular formula is C19H23N3O5S. The number of amides is 2. The number of aromatic amines is 1. The average Bonchev–Trinajstić information content (AvgIpc) is 3.45. The molecule has 3 aliphatic heterocycles. The van der Waals surface area contributed by atoms with E-state index in [2.05, 4.69) is 4.98 Å². The highest BCUT2D eigenvalue weighted by Crippen LogP contribution is 2.47. The Labute approximate surface area is 166 Å². The number of carbonyl (C=O) groups is 4. The number of carbonyl (C=O) groups excluding carboxylic acids is 4. The van der Waals surface area contributed by atoms with Gasteiger partial charge in [-0.25, -0.2) is 4.79 Å². The van der Waals surface area contributed by atoms with Crippen molar-refractivity contribution in [3.05, 3.63) is 23.5 Å². The second-order valence-corrected chi connectivity index (χ2v) is 9.10.